The average molecular weight is 256 g/mol. The molecule has 0 unspecified atom stereocenters. The molecule has 3 nitrogen and oxygen atoms in total. The van der Waals surface area contributed by atoms with Gasteiger partial charge in [0.25, 0.3) is 6.43 Å². The summed E-state index contributed by atoms with van der Waals surface area (Å²) in [7, 11) is 0.969. The third-order valence-electron chi connectivity index (χ3n) is 2.07. The summed E-state index contributed by atoms with van der Waals surface area (Å²) in [5, 5.41) is 0. The molecule has 96 valence electrons. The van der Waals surface area contributed by atoms with Gasteiger partial charge in [-0.25, -0.2) is 13.8 Å². The van der Waals surface area contributed by atoms with Crippen LogP contribution in [0.4, 0.5) is 22.0 Å². The Morgan fingerprint density at radius 3 is 2.35 bits per heavy atom. The van der Waals surface area contributed by atoms with E-state index in [2.05, 4.69) is 9.72 Å². The molecule has 0 saturated heterocycles. The van der Waals surface area contributed by atoms with Crippen LogP contribution in [0.25, 0.3) is 0 Å². The normalized spacial score (nSPS) is 12.0. The molecule has 8 heteroatoms. The number of methoxy groups -OCH3 is 1. The fourth-order valence-electron chi connectivity index (χ4n) is 1.41. The van der Waals surface area contributed by atoms with Crippen LogP contribution in [0, 0.1) is 0 Å². The summed E-state index contributed by atoms with van der Waals surface area (Å²) in [5.41, 5.74) is 1.84. The van der Waals surface area contributed by atoms with Crippen molar-refractivity contribution in [3.8, 4) is 5.88 Å². The lowest BCUT2D eigenvalue weighted by Crippen LogP contribution is -2.17. The first-order valence-corrected chi connectivity index (χ1v) is 4.44. The third kappa shape index (κ3) is 2.63. The van der Waals surface area contributed by atoms with Crippen molar-refractivity contribution < 1.29 is 26.7 Å². The SMILES string of the molecule is COc1ncc(CN)c(C(F)(F)F)c1C(F)F. The average Bonchev–Trinajstić information content (AvgIpc) is 2.25. The number of halogens is 5. The summed E-state index contributed by atoms with van der Waals surface area (Å²) in [6.07, 6.45) is -7.50. The molecule has 0 fully saturated rings. The highest BCUT2D eigenvalue weighted by Crippen LogP contribution is 2.41. The van der Waals surface area contributed by atoms with Gasteiger partial charge >= 0.3 is 6.18 Å². The van der Waals surface area contributed by atoms with Crippen LogP contribution in [0.2, 0.25) is 0 Å². The monoisotopic (exact) mass is 256 g/mol. The van der Waals surface area contributed by atoms with Gasteiger partial charge in [0.2, 0.25) is 5.88 Å². The predicted molar refractivity (Wildman–Crippen MR) is 48.6 cm³/mol. The molecule has 0 amide bonds. The van der Waals surface area contributed by atoms with Crippen molar-refractivity contribution in [2.24, 2.45) is 5.73 Å². The van der Waals surface area contributed by atoms with Gasteiger partial charge in [-0.1, -0.05) is 0 Å². The van der Waals surface area contributed by atoms with Crippen LogP contribution in [-0.2, 0) is 12.7 Å². The minimum atomic E-state index is -4.93. The molecular formula is C9H9F5N2O. The number of nitrogens with zero attached hydrogens (tertiary/aromatic N) is 1. The molecule has 1 heterocycles. The van der Waals surface area contributed by atoms with E-state index in [1.807, 2.05) is 0 Å². The largest absolute Gasteiger partial charge is 0.481 e. The van der Waals surface area contributed by atoms with Crippen LogP contribution in [0.1, 0.15) is 23.1 Å². The quantitative estimate of drug-likeness (QED) is 0.845. The fourth-order valence-corrected chi connectivity index (χ4v) is 1.41. The summed E-state index contributed by atoms with van der Waals surface area (Å²) in [4.78, 5) is 3.38. The van der Waals surface area contributed by atoms with Crippen LogP contribution in [0.5, 0.6) is 5.88 Å². The first kappa shape index (κ1) is 13.6. The Hall–Kier alpha value is -1.44. The molecule has 1 aromatic heterocycles. The Morgan fingerprint density at radius 1 is 1.41 bits per heavy atom. The highest BCUT2D eigenvalue weighted by atomic mass is 19.4. The zero-order valence-electron chi connectivity index (χ0n) is 8.68. The van der Waals surface area contributed by atoms with Gasteiger partial charge in [-0.15, -0.1) is 0 Å². The van der Waals surface area contributed by atoms with E-state index in [1.165, 1.54) is 0 Å². The molecule has 0 atom stereocenters. The van der Waals surface area contributed by atoms with Gasteiger partial charge in [-0.2, -0.15) is 13.2 Å². The van der Waals surface area contributed by atoms with Crippen LogP contribution in [0.3, 0.4) is 0 Å². The lowest BCUT2D eigenvalue weighted by molar-refractivity contribution is -0.140. The first-order valence-electron chi connectivity index (χ1n) is 4.44. The van der Waals surface area contributed by atoms with Gasteiger partial charge in [0, 0.05) is 12.7 Å². The summed E-state index contributed by atoms with van der Waals surface area (Å²) in [6.45, 7) is -0.536. The zero-order chi connectivity index (χ0) is 13.2. The molecule has 0 aliphatic heterocycles. The number of hydrogen-bond acceptors (Lipinski definition) is 3. The molecule has 1 aromatic rings. The standard InChI is InChI=1S/C9H9F5N2O/c1-17-8-5(7(10)11)6(9(12,13)14)4(2-15)3-16-8/h3,7H,2,15H2,1H3. The molecule has 17 heavy (non-hydrogen) atoms. The van der Waals surface area contributed by atoms with Crippen LogP contribution in [0.15, 0.2) is 6.20 Å². The van der Waals surface area contributed by atoms with Crippen LogP contribution < -0.4 is 10.5 Å². The van der Waals surface area contributed by atoms with E-state index >= 15 is 0 Å². The first-order chi connectivity index (χ1) is 7.82. The molecule has 0 aromatic carbocycles. The zero-order valence-corrected chi connectivity index (χ0v) is 8.68. The van der Waals surface area contributed by atoms with Crippen LogP contribution in [-0.4, -0.2) is 12.1 Å². The van der Waals surface area contributed by atoms with E-state index in [1.54, 1.807) is 0 Å². The maximum atomic E-state index is 12.7. The van der Waals surface area contributed by atoms with Crippen molar-refractivity contribution in [3.63, 3.8) is 0 Å². The summed E-state index contributed by atoms with van der Waals surface area (Å²) in [5.74, 6) is -0.746. The lowest BCUT2D eigenvalue weighted by atomic mass is 10.0. The van der Waals surface area contributed by atoms with Crippen molar-refractivity contribution in [2.45, 2.75) is 19.1 Å². The molecule has 0 aliphatic carbocycles. The van der Waals surface area contributed by atoms with Crippen molar-refractivity contribution in [2.75, 3.05) is 7.11 Å². The smallest absolute Gasteiger partial charge is 0.417 e. The Kier molecular flexibility index (Phi) is 3.87. The van der Waals surface area contributed by atoms with Crippen LogP contribution >= 0.6 is 0 Å². The van der Waals surface area contributed by atoms with E-state index in [4.69, 9.17) is 5.73 Å². The van der Waals surface area contributed by atoms with Crippen molar-refractivity contribution in [3.05, 3.63) is 22.9 Å². The second kappa shape index (κ2) is 4.82. The van der Waals surface area contributed by atoms with Gasteiger partial charge in [-0.3, -0.25) is 0 Å². The topological polar surface area (TPSA) is 48.1 Å². The molecule has 2 N–H and O–H groups in total. The number of alkyl halides is 5. The molecule has 0 saturated carbocycles. The molecule has 0 aliphatic rings. The lowest BCUT2D eigenvalue weighted by Gasteiger charge is -2.17. The summed E-state index contributed by atoms with van der Waals surface area (Å²) < 4.78 is 67.8. The highest BCUT2D eigenvalue weighted by molar-refractivity contribution is 5.42. The Morgan fingerprint density at radius 2 is 2.00 bits per heavy atom. The fraction of sp³-hybridized carbons (Fsp3) is 0.444. The van der Waals surface area contributed by atoms with E-state index in [0.29, 0.717) is 0 Å². The number of ether oxygens (including phenoxy) is 1. The molecule has 1 rings (SSSR count). The van der Waals surface area contributed by atoms with Crippen molar-refractivity contribution >= 4 is 0 Å². The number of pyridine rings is 1. The van der Waals surface area contributed by atoms with E-state index in [0.717, 1.165) is 13.3 Å². The number of aromatic nitrogens is 1. The van der Waals surface area contributed by atoms with Gasteiger partial charge in [0.05, 0.1) is 18.2 Å². The maximum Gasteiger partial charge on any atom is 0.417 e. The minimum absolute atomic E-state index is 0.492. The Bertz CT molecular complexity index is 405. The van der Waals surface area contributed by atoms with Gasteiger partial charge < -0.3 is 10.5 Å². The van der Waals surface area contributed by atoms with Crippen molar-refractivity contribution in [1.82, 2.24) is 4.98 Å². The van der Waals surface area contributed by atoms with E-state index in [9.17, 15) is 22.0 Å². The second-order valence-corrected chi connectivity index (χ2v) is 3.08. The number of rotatable bonds is 3. The molecular weight excluding hydrogens is 247 g/mol. The van der Waals surface area contributed by atoms with Gasteiger partial charge in [0.1, 0.15) is 0 Å². The predicted octanol–water partition coefficient (Wildman–Crippen LogP) is 2.51. The second-order valence-electron chi connectivity index (χ2n) is 3.08. The molecule has 0 bridgehead atoms. The maximum absolute atomic E-state index is 12.7. The molecule has 0 spiro atoms. The van der Waals surface area contributed by atoms with Crippen molar-refractivity contribution in [1.29, 1.82) is 0 Å². The Balaban J connectivity index is 3.59. The summed E-state index contributed by atoms with van der Waals surface area (Å²) >= 11 is 0. The van der Waals surface area contributed by atoms with E-state index < -0.39 is 41.7 Å². The Labute approximate surface area is 93.4 Å². The number of hydrogen-bond donors (Lipinski definition) is 1. The van der Waals surface area contributed by atoms with E-state index in [-0.39, 0.29) is 0 Å². The summed E-state index contributed by atoms with van der Waals surface area (Å²) in [6, 6.07) is 0. The molecule has 0 radical (unpaired) electrons. The highest BCUT2D eigenvalue weighted by Gasteiger charge is 2.40. The van der Waals surface area contributed by atoms with Gasteiger partial charge in [-0.05, 0) is 5.56 Å². The number of nitrogens with two attached hydrogens (primary N) is 1. The minimum Gasteiger partial charge on any atom is -0.481 e. The third-order valence-corrected chi connectivity index (χ3v) is 2.07. The van der Waals surface area contributed by atoms with Gasteiger partial charge in [0.15, 0.2) is 0 Å².